The molecule has 0 radical (unpaired) electrons. The lowest BCUT2D eigenvalue weighted by atomic mass is 10.1. The molecule has 3 N–H and O–H groups in total. The van der Waals surface area contributed by atoms with Crippen LogP contribution in [0.1, 0.15) is 13.8 Å². The second-order valence-corrected chi connectivity index (χ2v) is 2.18. The molecular formula is C7H12N2O2. The van der Waals surface area contributed by atoms with E-state index in [1.54, 1.807) is 14.0 Å². The van der Waals surface area contributed by atoms with Crippen LogP contribution in [0.15, 0.2) is 11.3 Å². The number of carbonyl (C=O) groups is 1. The minimum Gasteiger partial charge on any atom is -0.478 e. The van der Waals surface area contributed by atoms with Crippen LogP contribution in [0.3, 0.4) is 0 Å². The number of rotatable bonds is 3. The van der Waals surface area contributed by atoms with Gasteiger partial charge in [0.15, 0.2) is 0 Å². The Kier molecular flexibility index (Phi) is 3.30. The Bertz CT molecular complexity index is 202. The highest BCUT2D eigenvalue weighted by atomic mass is 16.4. The topological polar surface area (TPSA) is 73.2 Å². The molecule has 11 heavy (non-hydrogen) atoms. The van der Waals surface area contributed by atoms with E-state index in [0.717, 1.165) is 0 Å². The fourth-order valence-corrected chi connectivity index (χ4v) is 0.727. The standard InChI is InChI=1S/C7H12N2O2/c1-4(8)6(7(10)11)5(2)9-3/h8-9H,1-3H3,(H,10,11)/b6-5+,8-4?. The number of carboxylic acids is 1. The zero-order valence-electron chi connectivity index (χ0n) is 6.86. The van der Waals surface area contributed by atoms with Crippen molar-refractivity contribution in [3.8, 4) is 0 Å². The van der Waals surface area contributed by atoms with Crippen molar-refractivity contribution in [3.05, 3.63) is 11.3 Å². The average Bonchev–Trinajstić information content (AvgIpc) is 1.85. The lowest BCUT2D eigenvalue weighted by Crippen LogP contribution is -2.16. The van der Waals surface area contributed by atoms with E-state index in [9.17, 15) is 4.79 Å². The van der Waals surface area contributed by atoms with Crippen molar-refractivity contribution in [2.45, 2.75) is 13.8 Å². The third-order valence-electron chi connectivity index (χ3n) is 1.34. The molecule has 0 saturated heterocycles. The van der Waals surface area contributed by atoms with E-state index in [4.69, 9.17) is 10.5 Å². The Balaban J connectivity index is 4.88. The Morgan fingerprint density at radius 2 is 1.91 bits per heavy atom. The largest absolute Gasteiger partial charge is 0.478 e. The van der Waals surface area contributed by atoms with Crippen molar-refractivity contribution in [1.82, 2.24) is 5.32 Å². The summed E-state index contributed by atoms with van der Waals surface area (Å²) >= 11 is 0. The molecule has 4 nitrogen and oxygen atoms in total. The van der Waals surface area contributed by atoms with Crippen LogP contribution in [0.5, 0.6) is 0 Å². The van der Waals surface area contributed by atoms with Crippen molar-refractivity contribution < 1.29 is 9.90 Å². The molecule has 0 aliphatic heterocycles. The maximum absolute atomic E-state index is 10.5. The molecule has 0 aliphatic rings. The summed E-state index contributed by atoms with van der Waals surface area (Å²) in [5.41, 5.74) is 0.599. The van der Waals surface area contributed by atoms with Gasteiger partial charge in [0.25, 0.3) is 0 Å². The minimum absolute atomic E-state index is 0.0347. The molecule has 62 valence electrons. The van der Waals surface area contributed by atoms with Crippen molar-refractivity contribution in [2.24, 2.45) is 0 Å². The molecule has 0 saturated carbocycles. The second kappa shape index (κ2) is 3.75. The molecule has 0 aliphatic carbocycles. The van der Waals surface area contributed by atoms with Crippen molar-refractivity contribution in [1.29, 1.82) is 5.41 Å². The minimum atomic E-state index is -1.07. The van der Waals surface area contributed by atoms with Gasteiger partial charge < -0.3 is 15.8 Å². The molecule has 0 aromatic rings. The monoisotopic (exact) mass is 156 g/mol. The molecule has 0 bridgehead atoms. The number of hydrogen-bond donors (Lipinski definition) is 3. The zero-order valence-corrected chi connectivity index (χ0v) is 6.86. The molecule has 0 atom stereocenters. The average molecular weight is 156 g/mol. The normalized spacial score (nSPS) is 11.9. The third kappa shape index (κ3) is 2.41. The summed E-state index contributed by atoms with van der Waals surface area (Å²) in [5.74, 6) is -1.07. The van der Waals surface area contributed by atoms with Gasteiger partial charge in [-0.15, -0.1) is 0 Å². The van der Waals surface area contributed by atoms with Crippen molar-refractivity contribution in [2.75, 3.05) is 7.05 Å². The van der Waals surface area contributed by atoms with Gasteiger partial charge in [0.05, 0.1) is 5.57 Å². The van der Waals surface area contributed by atoms with Crippen LogP contribution in [0.4, 0.5) is 0 Å². The van der Waals surface area contributed by atoms with Gasteiger partial charge in [0.1, 0.15) is 0 Å². The molecule has 0 rings (SSSR count). The first-order valence-corrected chi connectivity index (χ1v) is 3.18. The molecule has 0 aromatic heterocycles. The summed E-state index contributed by atoms with van der Waals surface area (Å²) in [6.45, 7) is 3.08. The zero-order chi connectivity index (χ0) is 9.02. The molecule has 0 spiro atoms. The lowest BCUT2D eigenvalue weighted by Gasteiger charge is -2.04. The van der Waals surface area contributed by atoms with E-state index >= 15 is 0 Å². The van der Waals surface area contributed by atoms with Crippen LogP contribution >= 0.6 is 0 Å². The van der Waals surface area contributed by atoms with Gasteiger partial charge in [-0.2, -0.15) is 0 Å². The number of hydrogen-bond acceptors (Lipinski definition) is 3. The third-order valence-corrected chi connectivity index (χ3v) is 1.34. The summed E-state index contributed by atoms with van der Waals surface area (Å²) in [6, 6.07) is 0. The second-order valence-electron chi connectivity index (χ2n) is 2.18. The van der Waals surface area contributed by atoms with E-state index in [0.29, 0.717) is 5.70 Å². The molecule has 0 amide bonds. The quantitative estimate of drug-likeness (QED) is 0.414. The van der Waals surface area contributed by atoms with E-state index in [-0.39, 0.29) is 11.3 Å². The first kappa shape index (κ1) is 9.68. The van der Waals surface area contributed by atoms with E-state index in [2.05, 4.69) is 5.32 Å². The van der Waals surface area contributed by atoms with Crippen LogP contribution in [0.2, 0.25) is 0 Å². The van der Waals surface area contributed by atoms with Crippen LogP contribution in [0, 0.1) is 5.41 Å². The van der Waals surface area contributed by atoms with Gasteiger partial charge in [-0.1, -0.05) is 0 Å². The fourth-order valence-electron chi connectivity index (χ4n) is 0.727. The van der Waals surface area contributed by atoms with Gasteiger partial charge in [-0.05, 0) is 13.8 Å². The Labute approximate surface area is 65.4 Å². The van der Waals surface area contributed by atoms with E-state index in [1.165, 1.54) is 6.92 Å². The van der Waals surface area contributed by atoms with Gasteiger partial charge in [0, 0.05) is 18.5 Å². The van der Waals surface area contributed by atoms with Gasteiger partial charge >= 0.3 is 5.97 Å². The Morgan fingerprint density at radius 1 is 1.45 bits per heavy atom. The van der Waals surface area contributed by atoms with Crippen LogP contribution in [-0.2, 0) is 4.79 Å². The van der Waals surface area contributed by atoms with E-state index < -0.39 is 5.97 Å². The number of nitrogens with one attached hydrogen (secondary N) is 2. The van der Waals surface area contributed by atoms with Gasteiger partial charge in [0.2, 0.25) is 0 Å². The maximum atomic E-state index is 10.5. The highest BCUT2D eigenvalue weighted by Crippen LogP contribution is 2.02. The van der Waals surface area contributed by atoms with Crippen LogP contribution < -0.4 is 5.32 Å². The molecule has 0 fully saturated rings. The SMILES string of the molecule is CN/C(C)=C(\C(C)=N)C(=O)O. The van der Waals surface area contributed by atoms with Gasteiger partial charge in [-0.25, -0.2) is 4.79 Å². The number of carboxylic acid groups (broad SMARTS) is 1. The molecule has 0 unspecified atom stereocenters. The highest BCUT2D eigenvalue weighted by Gasteiger charge is 2.12. The highest BCUT2D eigenvalue weighted by molar-refractivity contribution is 6.17. The number of allylic oxidation sites excluding steroid dienone is 1. The van der Waals surface area contributed by atoms with Crippen LogP contribution in [0.25, 0.3) is 0 Å². The summed E-state index contributed by atoms with van der Waals surface area (Å²) in [6.07, 6.45) is 0. The molecule has 0 heterocycles. The Hall–Kier alpha value is -1.32. The van der Waals surface area contributed by atoms with Gasteiger partial charge in [-0.3, -0.25) is 0 Å². The summed E-state index contributed by atoms with van der Waals surface area (Å²) in [4.78, 5) is 10.5. The molecular weight excluding hydrogens is 144 g/mol. The smallest absolute Gasteiger partial charge is 0.339 e. The van der Waals surface area contributed by atoms with E-state index in [1.807, 2.05) is 0 Å². The number of aliphatic carboxylic acids is 1. The van der Waals surface area contributed by atoms with Crippen molar-refractivity contribution >= 4 is 11.7 Å². The first-order valence-electron chi connectivity index (χ1n) is 3.18. The first-order chi connectivity index (χ1) is 5.00. The van der Waals surface area contributed by atoms with Crippen LogP contribution in [-0.4, -0.2) is 23.8 Å². The Morgan fingerprint density at radius 3 is 2.00 bits per heavy atom. The summed E-state index contributed by atoms with van der Waals surface area (Å²) in [7, 11) is 1.63. The summed E-state index contributed by atoms with van der Waals surface area (Å²) in [5, 5.41) is 18.4. The fraction of sp³-hybridized carbons (Fsp3) is 0.429. The van der Waals surface area contributed by atoms with Crippen molar-refractivity contribution in [3.63, 3.8) is 0 Å². The maximum Gasteiger partial charge on any atom is 0.339 e. The summed E-state index contributed by atoms with van der Waals surface area (Å²) < 4.78 is 0. The lowest BCUT2D eigenvalue weighted by molar-refractivity contribution is -0.132. The predicted molar refractivity (Wildman–Crippen MR) is 42.8 cm³/mol. The predicted octanol–water partition coefficient (Wildman–Crippen LogP) is 0.604. The molecule has 0 aromatic carbocycles. The molecule has 4 heteroatoms.